The first kappa shape index (κ1) is 18.9. The van der Waals surface area contributed by atoms with Gasteiger partial charge in [-0.05, 0) is 61.7 Å². The van der Waals surface area contributed by atoms with Gasteiger partial charge in [-0.3, -0.25) is 0 Å². The maximum Gasteiger partial charge on any atom is 0.407 e. The number of hydrogen-bond acceptors (Lipinski definition) is 4. The maximum absolute atomic E-state index is 12.6. The van der Waals surface area contributed by atoms with Crippen LogP contribution >= 0.6 is 15.9 Å². The highest BCUT2D eigenvalue weighted by Crippen LogP contribution is 2.31. The highest BCUT2D eigenvalue weighted by Gasteiger charge is 2.29. The second-order valence-corrected chi connectivity index (χ2v) is 7.47. The summed E-state index contributed by atoms with van der Waals surface area (Å²) in [6.07, 6.45) is -1.03. The highest BCUT2D eigenvalue weighted by atomic mass is 79.9. The van der Waals surface area contributed by atoms with Crippen LogP contribution < -0.4 is 10.1 Å². The number of hydrogen-bond donors (Lipinski definition) is 1. The molecule has 0 unspecified atom stereocenters. The Bertz CT molecular complexity index is 593. The molecule has 0 aliphatic heterocycles. The predicted octanol–water partition coefficient (Wildman–Crippen LogP) is 4.61. The van der Waals surface area contributed by atoms with Crippen molar-refractivity contribution in [3.05, 3.63) is 22.4 Å². The van der Waals surface area contributed by atoms with Crippen molar-refractivity contribution in [3.63, 3.8) is 0 Å². The number of amides is 1. The Morgan fingerprint density at radius 2 is 2.08 bits per heavy atom. The Morgan fingerprint density at radius 1 is 1.38 bits per heavy atom. The van der Waals surface area contributed by atoms with Crippen LogP contribution in [0.1, 0.15) is 52.2 Å². The van der Waals surface area contributed by atoms with Crippen LogP contribution in [0.2, 0.25) is 0 Å². The molecule has 2 atom stereocenters. The summed E-state index contributed by atoms with van der Waals surface area (Å²) in [7, 11) is 0. The maximum atomic E-state index is 12.6. The number of pyridine rings is 1. The van der Waals surface area contributed by atoms with Crippen molar-refractivity contribution in [1.29, 1.82) is 0 Å². The van der Waals surface area contributed by atoms with Gasteiger partial charge in [0.25, 0.3) is 6.43 Å². The van der Waals surface area contributed by atoms with Gasteiger partial charge >= 0.3 is 6.09 Å². The van der Waals surface area contributed by atoms with Crippen LogP contribution in [0, 0.1) is 0 Å². The first-order valence-corrected chi connectivity index (χ1v) is 8.54. The van der Waals surface area contributed by atoms with E-state index in [1.807, 2.05) is 0 Å². The van der Waals surface area contributed by atoms with Gasteiger partial charge < -0.3 is 14.8 Å². The third-order valence-corrected chi connectivity index (χ3v) is 4.03. The largest absolute Gasteiger partial charge is 0.488 e. The Morgan fingerprint density at radius 3 is 2.67 bits per heavy atom. The molecule has 0 radical (unpaired) electrons. The molecule has 24 heavy (non-hydrogen) atoms. The molecule has 1 saturated carbocycles. The van der Waals surface area contributed by atoms with E-state index in [-0.39, 0.29) is 22.4 Å². The van der Waals surface area contributed by atoms with Crippen molar-refractivity contribution in [2.24, 2.45) is 0 Å². The molecule has 2 rings (SSSR count). The van der Waals surface area contributed by atoms with E-state index in [0.717, 1.165) is 12.8 Å². The zero-order chi connectivity index (χ0) is 17.9. The molecular weight excluding hydrogens is 386 g/mol. The molecule has 1 aliphatic rings. The highest BCUT2D eigenvalue weighted by molar-refractivity contribution is 9.10. The Hall–Kier alpha value is -1.44. The van der Waals surface area contributed by atoms with Crippen LogP contribution in [0.25, 0.3) is 0 Å². The van der Waals surface area contributed by atoms with E-state index in [2.05, 4.69) is 26.2 Å². The summed E-state index contributed by atoms with van der Waals surface area (Å²) in [5.41, 5.74) is -0.841. The lowest BCUT2D eigenvalue weighted by Gasteiger charge is -2.21. The molecular formula is C16H21BrF2N2O3. The average molecular weight is 407 g/mol. The number of alkyl carbamates (subject to hydrolysis) is 1. The summed E-state index contributed by atoms with van der Waals surface area (Å²) in [5, 5.41) is 2.82. The van der Waals surface area contributed by atoms with Crippen LogP contribution in [0.5, 0.6) is 5.75 Å². The number of ether oxygens (including phenoxy) is 2. The van der Waals surface area contributed by atoms with Gasteiger partial charge in [0, 0.05) is 12.5 Å². The van der Waals surface area contributed by atoms with Crippen LogP contribution in [-0.4, -0.2) is 28.8 Å². The van der Waals surface area contributed by atoms with E-state index < -0.39 is 18.1 Å². The number of alkyl halides is 2. The van der Waals surface area contributed by atoms with E-state index in [1.165, 1.54) is 12.1 Å². The van der Waals surface area contributed by atoms with E-state index >= 15 is 0 Å². The lowest BCUT2D eigenvalue weighted by atomic mass is 10.2. The van der Waals surface area contributed by atoms with Gasteiger partial charge in [-0.15, -0.1) is 0 Å². The molecule has 1 amide bonds. The molecule has 1 aliphatic carbocycles. The van der Waals surface area contributed by atoms with E-state index in [9.17, 15) is 13.6 Å². The van der Waals surface area contributed by atoms with Gasteiger partial charge in [-0.2, -0.15) is 0 Å². The predicted molar refractivity (Wildman–Crippen MR) is 88.3 cm³/mol. The van der Waals surface area contributed by atoms with Gasteiger partial charge in [0.1, 0.15) is 22.0 Å². The molecule has 134 valence electrons. The van der Waals surface area contributed by atoms with Crippen LogP contribution in [0.15, 0.2) is 16.7 Å². The second kappa shape index (κ2) is 7.63. The topological polar surface area (TPSA) is 60.5 Å². The molecule has 1 aromatic heterocycles. The average Bonchev–Trinajstić information content (AvgIpc) is 2.85. The molecule has 5 nitrogen and oxygen atoms in total. The third kappa shape index (κ3) is 5.58. The van der Waals surface area contributed by atoms with Gasteiger partial charge in [0.05, 0.1) is 0 Å². The quantitative estimate of drug-likeness (QED) is 0.741. The SMILES string of the molecule is CC(C)(C)OC(=O)N[C@H]1CC[C@@H](Oc2ccc(C(F)F)nc2Br)C1. The molecule has 0 bridgehead atoms. The van der Waals surface area contributed by atoms with Crippen LogP contribution in [0.3, 0.4) is 0 Å². The lowest BCUT2D eigenvalue weighted by molar-refractivity contribution is 0.0503. The van der Waals surface area contributed by atoms with E-state index in [1.54, 1.807) is 20.8 Å². The number of aromatic nitrogens is 1. The minimum atomic E-state index is -2.62. The van der Waals surface area contributed by atoms with Crippen molar-refractivity contribution in [3.8, 4) is 5.75 Å². The summed E-state index contributed by atoms with van der Waals surface area (Å²) in [5.74, 6) is 0.419. The summed E-state index contributed by atoms with van der Waals surface area (Å²) in [6, 6.07) is 2.69. The van der Waals surface area contributed by atoms with Crippen molar-refractivity contribution >= 4 is 22.0 Å². The summed E-state index contributed by atoms with van der Waals surface area (Å²) in [4.78, 5) is 15.5. The summed E-state index contributed by atoms with van der Waals surface area (Å²) < 4.78 is 36.5. The van der Waals surface area contributed by atoms with Gasteiger partial charge in [-0.25, -0.2) is 18.6 Å². The molecule has 1 fully saturated rings. The molecule has 0 spiro atoms. The van der Waals surface area contributed by atoms with Gasteiger partial charge in [-0.1, -0.05) is 0 Å². The van der Waals surface area contributed by atoms with Crippen molar-refractivity contribution in [1.82, 2.24) is 10.3 Å². The molecule has 8 heteroatoms. The van der Waals surface area contributed by atoms with Gasteiger partial charge in [0.15, 0.2) is 5.75 Å². The van der Waals surface area contributed by atoms with Crippen LogP contribution in [0.4, 0.5) is 13.6 Å². The second-order valence-electron chi connectivity index (χ2n) is 6.72. The first-order chi connectivity index (χ1) is 11.1. The molecule has 0 aromatic carbocycles. The fourth-order valence-electron chi connectivity index (χ4n) is 2.48. The van der Waals surface area contributed by atoms with Crippen molar-refractivity contribution < 1.29 is 23.0 Å². The monoisotopic (exact) mass is 406 g/mol. The van der Waals surface area contributed by atoms with E-state index in [4.69, 9.17) is 9.47 Å². The zero-order valence-corrected chi connectivity index (χ0v) is 15.4. The lowest BCUT2D eigenvalue weighted by Crippen LogP contribution is -2.38. The fraction of sp³-hybridized carbons (Fsp3) is 0.625. The Balaban J connectivity index is 1.87. The minimum Gasteiger partial charge on any atom is -0.488 e. The summed E-state index contributed by atoms with van der Waals surface area (Å²) in [6.45, 7) is 5.42. The van der Waals surface area contributed by atoms with Crippen molar-refractivity contribution in [2.45, 2.75) is 64.2 Å². The number of nitrogens with zero attached hydrogens (tertiary/aromatic N) is 1. The molecule has 1 N–H and O–H groups in total. The number of halogens is 3. The fourth-order valence-corrected chi connectivity index (χ4v) is 2.91. The number of rotatable bonds is 4. The number of nitrogens with one attached hydrogen (secondary N) is 1. The van der Waals surface area contributed by atoms with Crippen LogP contribution in [-0.2, 0) is 4.74 Å². The Labute approximate surface area is 148 Å². The number of carbonyl (C=O) groups excluding carboxylic acids is 1. The van der Waals surface area contributed by atoms with Gasteiger partial charge in [0.2, 0.25) is 0 Å². The summed E-state index contributed by atoms with van der Waals surface area (Å²) >= 11 is 3.15. The Kier molecular flexibility index (Phi) is 6.01. The van der Waals surface area contributed by atoms with Crippen molar-refractivity contribution in [2.75, 3.05) is 0 Å². The third-order valence-electron chi connectivity index (χ3n) is 3.46. The standard InChI is InChI=1S/C16H21BrF2N2O3/c1-16(2,3)24-15(22)20-9-4-5-10(8-9)23-12-7-6-11(14(18)19)21-13(12)17/h6-7,9-10,14H,4-5,8H2,1-3H3,(H,20,22)/t9-,10+/m0/s1. The molecule has 1 aromatic rings. The molecule has 0 saturated heterocycles. The first-order valence-electron chi connectivity index (χ1n) is 7.75. The zero-order valence-electron chi connectivity index (χ0n) is 13.8. The number of carbonyl (C=O) groups is 1. The minimum absolute atomic E-state index is 0.0306. The normalized spacial score (nSPS) is 21.0. The van der Waals surface area contributed by atoms with E-state index in [0.29, 0.717) is 12.2 Å². The molecule has 1 heterocycles. The smallest absolute Gasteiger partial charge is 0.407 e.